The highest BCUT2D eigenvalue weighted by atomic mass is 35.5. The fraction of sp³-hybridized carbons (Fsp3) is 0.364. The minimum atomic E-state index is -0.434. The van der Waals surface area contributed by atoms with Crippen LogP contribution >= 0.6 is 11.6 Å². The number of nitrogens with one attached hydrogen (secondary N) is 1. The lowest BCUT2D eigenvalue weighted by Crippen LogP contribution is -2.45. The van der Waals surface area contributed by atoms with Gasteiger partial charge in [-0.15, -0.1) is 0 Å². The van der Waals surface area contributed by atoms with Gasteiger partial charge in [-0.1, -0.05) is 11.6 Å². The topological polar surface area (TPSA) is 98.0 Å². The van der Waals surface area contributed by atoms with Crippen LogP contribution in [0.15, 0.2) is 52.4 Å². The molecule has 3 rings (SSSR count). The molecule has 0 aliphatic carbocycles. The first kappa shape index (κ1) is 22.4. The lowest BCUT2D eigenvalue weighted by molar-refractivity contribution is -0.130. The summed E-state index contributed by atoms with van der Waals surface area (Å²) in [6, 6.07) is 9.16. The molecule has 162 valence electrons. The minimum absolute atomic E-state index is 0.00749. The maximum absolute atomic E-state index is 13.2. The quantitative estimate of drug-likeness (QED) is 0.430. The van der Waals surface area contributed by atoms with Crippen LogP contribution in [0.3, 0.4) is 0 Å². The van der Waals surface area contributed by atoms with Gasteiger partial charge in [0.05, 0.1) is 11.6 Å². The number of nitriles is 1. The third-order valence-electron chi connectivity index (χ3n) is 4.99. The van der Waals surface area contributed by atoms with Crippen molar-refractivity contribution in [1.82, 2.24) is 15.1 Å². The van der Waals surface area contributed by atoms with Crippen molar-refractivity contribution in [2.24, 2.45) is 4.99 Å². The first-order valence-corrected chi connectivity index (χ1v) is 10.3. The van der Waals surface area contributed by atoms with E-state index in [1.165, 1.54) is 11.1 Å². The molecular formula is C22H24ClN5O3. The van der Waals surface area contributed by atoms with Crippen molar-refractivity contribution in [3.8, 4) is 11.8 Å². The van der Waals surface area contributed by atoms with Crippen molar-refractivity contribution in [3.05, 3.63) is 52.5 Å². The summed E-state index contributed by atoms with van der Waals surface area (Å²) in [7, 11) is 1.54. The summed E-state index contributed by atoms with van der Waals surface area (Å²) < 4.78 is 5.99. The molecule has 2 amide bonds. The first-order chi connectivity index (χ1) is 14.9. The van der Waals surface area contributed by atoms with Gasteiger partial charge in [0.1, 0.15) is 24.1 Å². The molecule has 1 fully saturated rings. The summed E-state index contributed by atoms with van der Waals surface area (Å²) in [4.78, 5) is 33.0. The van der Waals surface area contributed by atoms with Gasteiger partial charge in [0.2, 0.25) is 0 Å². The highest BCUT2D eigenvalue weighted by molar-refractivity contribution is 6.30. The third kappa shape index (κ3) is 5.44. The predicted molar refractivity (Wildman–Crippen MR) is 117 cm³/mol. The van der Waals surface area contributed by atoms with E-state index in [4.69, 9.17) is 21.6 Å². The zero-order valence-corrected chi connectivity index (χ0v) is 18.2. The molecule has 1 saturated heterocycles. The number of piperidine rings is 1. The normalized spacial score (nSPS) is 19.0. The summed E-state index contributed by atoms with van der Waals surface area (Å²) in [5.41, 5.74) is 0.972. The van der Waals surface area contributed by atoms with E-state index in [1.54, 1.807) is 37.2 Å². The molecule has 0 aromatic heterocycles. The van der Waals surface area contributed by atoms with E-state index < -0.39 is 5.91 Å². The Hall–Kier alpha value is -3.31. The Kier molecular flexibility index (Phi) is 7.32. The first-order valence-electron chi connectivity index (χ1n) is 9.94. The van der Waals surface area contributed by atoms with E-state index >= 15 is 0 Å². The predicted octanol–water partition coefficient (Wildman–Crippen LogP) is 2.48. The lowest BCUT2D eigenvalue weighted by atomic mass is 10.0. The number of ether oxygens (including phenoxy) is 1. The van der Waals surface area contributed by atoms with Crippen molar-refractivity contribution in [2.45, 2.75) is 25.9 Å². The van der Waals surface area contributed by atoms with Crippen molar-refractivity contribution in [3.63, 3.8) is 0 Å². The van der Waals surface area contributed by atoms with Gasteiger partial charge in [-0.05, 0) is 31.2 Å². The maximum Gasteiger partial charge on any atom is 0.276 e. The number of carbonyl (C=O) groups excluding carboxylic acids is 2. The number of amides is 2. The molecule has 1 aromatic carbocycles. The second-order valence-electron chi connectivity index (χ2n) is 7.27. The average molecular weight is 442 g/mol. The molecule has 2 heterocycles. The number of carbonyl (C=O) groups is 2. The molecule has 0 radical (unpaired) electrons. The number of allylic oxidation sites excluding steroid dienone is 1. The van der Waals surface area contributed by atoms with Gasteiger partial charge >= 0.3 is 0 Å². The number of halogens is 1. The second kappa shape index (κ2) is 10.1. The standard InChI is InChI=1S/C22H24ClN5O3/c1-15-14-28(12-9-24)22(30)20(26-15)19(13-25-2)21(29)27-10-7-18(8-11-27)31-17-5-3-16(23)4-6-17/h3-6,13-14,18,26H,7-8,10-12H2,1-2H3/b20-19+,25-13-. The summed E-state index contributed by atoms with van der Waals surface area (Å²) in [5.74, 6) is 0.0290. The Morgan fingerprint density at radius 1 is 1.35 bits per heavy atom. The van der Waals surface area contributed by atoms with E-state index in [-0.39, 0.29) is 29.8 Å². The Bertz CT molecular complexity index is 970. The number of likely N-dealkylation sites (tertiary alicyclic amines) is 1. The van der Waals surface area contributed by atoms with Gasteiger partial charge in [-0.25, -0.2) is 0 Å². The van der Waals surface area contributed by atoms with Crippen molar-refractivity contribution in [1.29, 1.82) is 5.26 Å². The van der Waals surface area contributed by atoms with Crippen LogP contribution in [0.4, 0.5) is 0 Å². The van der Waals surface area contributed by atoms with Crippen LogP contribution in [0.1, 0.15) is 19.8 Å². The summed E-state index contributed by atoms with van der Waals surface area (Å²) in [5, 5.41) is 12.6. The highest BCUT2D eigenvalue weighted by Crippen LogP contribution is 2.23. The summed E-state index contributed by atoms with van der Waals surface area (Å²) in [6.45, 7) is 2.66. The number of benzene rings is 1. The summed E-state index contributed by atoms with van der Waals surface area (Å²) in [6.07, 6.45) is 4.27. The maximum atomic E-state index is 13.2. The van der Waals surface area contributed by atoms with Gasteiger partial charge in [-0.3, -0.25) is 19.5 Å². The number of rotatable bonds is 5. The van der Waals surface area contributed by atoms with Gasteiger partial charge in [-0.2, -0.15) is 5.26 Å². The highest BCUT2D eigenvalue weighted by Gasteiger charge is 2.31. The van der Waals surface area contributed by atoms with Gasteiger partial charge in [0.15, 0.2) is 0 Å². The molecule has 0 unspecified atom stereocenters. The lowest BCUT2D eigenvalue weighted by Gasteiger charge is -2.33. The van der Waals surface area contributed by atoms with Crippen LogP contribution in [0, 0.1) is 11.3 Å². The minimum Gasteiger partial charge on any atom is -0.490 e. The molecule has 0 spiro atoms. The number of aliphatic imine (C=N–C) groups is 1. The number of hydrogen-bond acceptors (Lipinski definition) is 6. The fourth-order valence-corrected chi connectivity index (χ4v) is 3.63. The molecular weight excluding hydrogens is 418 g/mol. The molecule has 9 heteroatoms. The molecule has 0 saturated carbocycles. The molecule has 0 atom stereocenters. The molecule has 1 N–H and O–H groups in total. The van der Waals surface area contributed by atoms with Crippen LogP contribution in [0.2, 0.25) is 5.02 Å². The number of nitrogens with zero attached hydrogens (tertiary/aromatic N) is 4. The molecule has 2 aliphatic heterocycles. The number of hydrogen-bond donors (Lipinski definition) is 1. The second-order valence-corrected chi connectivity index (χ2v) is 7.70. The van der Waals surface area contributed by atoms with Crippen molar-refractivity contribution < 1.29 is 14.3 Å². The Labute approximate surface area is 186 Å². The monoisotopic (exact) mass is 441 g/mol. The Balaban J connectivity index is 1.72. The van der Waals surface area contributed by atoms with Crippen LogP contribution in [0.5, 0.6) is 5.75 Å². The molecule has 8 nitrogen and oxygen atoms in total. The van der Waals surface area contributed by atoms with Crippen LogP contribution < -0.4 is 10.1 Å². The van der Waals surface area contributed by atoms with Crippen LogP contribution in [-0.2, 0) is 9.59 Å². The third-order valence-corrected chi connectivity index (χ3v) is 5.24. The Morgan fingerprint density at radius 2 is 2.03 bits per heavy atom. The van der Waals surface area contributed by atoms with Crippen molar-refractivity contribution in [2.75, 3.05) is 26.7 Å². The zero-order valence-electron chi connectivity index (χ0n) is 17.5. The average Bonchev–Trinajstić information content (AvgIpc) is 2.76. The zero-order chi connectivity index (χ0) is 22.4. The molecule has 31 heavy (non-hydrogen) atoms. The fourth-order valence-electron chi connectivity index (χ4n) is 3.50. The molecule has 2 aliphatic rings. The van der Waals surface area contributed by atoms with Crippen LogP contribution in [0.25, 0.3) is 0 Å². The smallest absolute Gasteiger partial charge is 0.276 e. The SMILES string of the molecule is C/N=C\C(C(=O)N1CCC(Oc2ccc(Cl)cc2)CC1)=C1/NC(C)=CN(CC#N)C1=O. The largest absolute Gasteiger partial charge is 0.490 e. The van der Waals surface area contributed by atoms with E-state index in [0.29, 0.717) is 36.7 Å². The van der Waals surface area contributed by atoms with E-state index in [1.807, 2.05) is 18.2 Å². The Morgan fingerprint density at radius 3 is 2.65 bits per heavy atom. The summed E-state index contributed by atoms with van der Waals surface area (Å²) >= 11 is 5.91. The van der Waals surface area contributed by atoms with E-state index in [2.05, 4.69) is 10.3 Å². The van der Waals surface area contributed by atoms with Gasteiger partial charge in [0.25, 0.3) is 11.8 Å². The van der Waals surface area contributed by atoms with Crippen molar-refractivity contribution >= 4 is 29.6 Å². The van der Waals surface area contributed by atoms with E-state index in [9.17, 15) is 9.59 Å². The van der Waals surface area contributed by atoms with Gasteiger partial charge < -0.3 is 15.0 Å². The van der Waals surface area contributed by atoms with Crippen LogP contribution in [-0.4, -0.2) is 60.6 Å². The van der Waals surface area contributed by atoms with Gasteiger partial charge in [0, 0.05) is 56.1 Å². The van der Waals surface area contributed by atoms with E-state index in [0.717, 1.165) is 5.75 Å². The molecule has 0 bridgehead atoms. The molecule has 1 aromatic rings.